The van der Waals surface area contributed by atoms with Gasteiger partial charge < -0.3 is 45.1 Å². The SMILES string of the molecule is COCCCNCC1=C[C@H]2C[C@@]3(O)[C@]4(CCCC[C@@]15OC(=O)C=C5[C@@H]24)CC[C@H]1[C@@]3(O)[C@@H](O)[C@@H]2C[C@H]([C@@H](C)C3CCCC3)CC[C@H]3[C@@H](O)CC[C@@]1(C=O)[C@@]32O. The van der Waals surface area contributed by atoms with Crippen LogP contribution < -0.4 is 5.32 Å². The van der Waals surface area contributed by atoms with E-state index >= 15 is 0 Å². The van der Waals surface area contributed by atoms with Crippen molar-refractivity contribution in [3.8, 4) is 0 Å². The first-order valence-electron chi connectivity index (χ1n) is 21.7. The topological polar surface area (TPSA) is 166 Å². The Balaban J connectivity index is 1.17. The quantitative estimate of drug-likeness (QED) is 0.0873. The first-order chi connectivity index (χ1) is 25.9. The number of ether oxygens (including phenoxy) is 2. The molecule has 0 radical (unpaired) electrons. The fraction of sp³-hybridized carbons (Fsp3) is 0.864. The Morgan fingerprint density at radius 2 is 1.72 bits per heavy atom. The minimum atomic E-state index is -2.10. The molecule has 1 spiro atoms. The number of methoxy groups -OCH3 is 1. The Morgan fingerprint density at radius 1 is 0.944 bits per heavy atom. The van der Waals surface area contributed by atoms with Crippen molar-refractivity contribution < 1.29 is 44.6 Å². The summed E-state index contributed by atoms with van der Waals surface area (Å²) in [6.07, 6.45) is 14.2. The zero-order chi connectivity index (χ0) is 37.9. The van der Waals surface area contributed by atoms with Crippen LogP contribution in [0.25, 0.3) is 0 Å². The third-order valence-corrected chi connectivity index (χ3v) is 18.3. The third-order valence-electron chi connectivity index (χ3n) is 18.3. The van der Waals surface area contributed by atoms with Crippen LogP contribution in [0.1, 0.15) is 116 Å². The van der Waals surface area contributed by atoms with Crippen LogP contribution in [0.5, 0.6) is 0 Å². The summed E-state index contributed by atoms with van der Waals surface area (Å²) in [5.41, 5.74) is -6.96. The molecule has 0 aromatic carbocycles. The highest BCUT2D eigenvalue weighted by Crippen LogP contribution is 2.78. The molecule has 9 aliphatic rings. The zero-order valence-electron chi connectivity index (χ0n) is 32.5. The van der Waals surface area contributed by atoms with Crippen molar-refractivity contribution in [3.63, 3.8) is 0 Å². The minimum absolute atomic E-state index is 0.146. The Hall–Kier alpha value is -1.66. The predicted octanol–water partition coefficient (Wildman–Crippen LogP) is 4.15. The molecule has 300 valence electrons. The van der Waals surface area contributed by atoms with Gasteiger partial charge in [0.25, 0.3) is 0 Å². The first kappa shape index (κ1) is 37.9. The number of fused-ring (bicyclic) bond motifs is 3. The molecule has 54 heavy (non-hydrogen) atoms. The van der Waals surface area contributed by atoms with Gasteiger partial charge in [-0.05, 0) is 124 Å². The smallest absolute Gasteiger partial charge is 0.332 e. The van der Waals surface area contributed by atoms with Crippen molar-refractivity contribution in [2.45, 2.75) is 151 Å². The Labute approximate surface area is 320 Å². The van der Waals surface area contributed by atoms with Crippen LogP contribution in [-0.4, -0.2) is 99.2 Å². The summed E-state index contributed by atoms with van der Waals surface area (Å²) >= 11 is 0. The van der Waals surface area contributed by atoms with Crippen LogP contribution in [-0.2, 0) is 19.1 Å². The van der Waals surface area contributed by atoms with Crippen molar-refractivity contribution in [2.75, 3.05) is 26.8 Å². The summed E-state index contributed by atoms with van der Waals surface area (Å²) in [5, 5.41) is 69.4. The lowest BCUT2D eigenvalue weighted by Gasteiger charge is -2.73. The molecule has 10 nitrogen and oxygen atoms in total. The maximum Gasteiger partial charge on any atom is 0.332 e. The number of aliphatic hydroxyl groups is 5. The highest BCUT2D eigenvalue weighted by Gasteiger charge is 2.85. The van der Waals surface area contributed by atoms with E-state index in [0.717, 1.165) is 62.5 Å². The molecule has 1 heterocycles. The highest BCUT2D eigenvalue weighted by atomic mass is 16.6. The van der Waals surface area contributed by atoms with Crippen LogP contribution in [0.15, 0.2) is 23.3 Å². The van der Waals surface area contributed by atoms with E-state index < -0.39 is 63.2 Å². The van der Waals surface area contributed by atoms with Crippen LogP contribution in [0.4, 0.5) is 0 Å². The van der Waals surface area contributed by atoms with Crippen LogP contribution in [0, 0.1) is 58.2 Å². The third kappa shape index (κ3) is 4.65. The van der Waals surface area contributed by atoms with E-state index in [4.69, 9.17) is 9.47 Å². The van der Waals surface area contributed by atoms with Crippen molar-refractivity contribution in [1.82, 2.24) is 5.32 Å². The summed E-state index contributed by atoms with van der Waals surface area (Å²) in [6, 6.07) is 0. The second-order valence-corrected chi connectivity index (χ2v) is 19.8. The van der Waals surface area contributed by atoms with Crippen LogP contribution in [0.2, 0.25) is 0 Å². The number of hydrogen-bond acceptors (Lipinski definition) is 10. The molecule has 0 aromatic heterocycles. The molecule has 6 N–H and O–H groups in total. The number of carbonyl (C=O) groups excluding carboxylic acids is 2. The van der Waals surface area contributed by atoms with Gasteiger partial charge in [0.05, 0.1) is 23.2 Å². The highest BCUT2D eigenvalue weighted by molar-refractivity contribution is 5.88. The number of allylic oxidation sites excluding steroid dienone is 1. The molecule has 1 aliphatic heterocycles. The predicted molar refractivity (Wildman–Crippen MR) is 200 cm³/mol. The van der Waals surface area contributed by atoms with Gasteiger partial charge in [0, 0.05) is 49.5 Å². The van der Waals surface area contributed by atoms with Gasteiger partial charge in [-0.25, -0.2) is 4.79 Å². The summed E-state index contributed by atoms with van der Waals surface area (Å²) in [5.74, 6) is -2.22. The zero-order valence-corrected chi connectivity index (χ0v) is 32.5. The van der Waals surface area contributed by atoms with Gasteiger partial charge in [0.2, 0.25) is 0 Å². The van der Waals surface area contributed by atoms with E-state index in [1.165, 1.54) is 12.8 Å². The lowest BCUT2D eigenvalue weighted by Crippen LogP contribution is -2.85. The Kier molecular flexibility index (Phi) is 9.25. The van der Waals surface area contributed by atoms with Gasteiger partial charge in [-0.2, -0.15) is 0 Å². The molecule has 15 atom stereocenters. The fourth-order valence-electron chi connectivity index (χ4n) is 16.0. The van der Waals surface area contributed by atoms with Gasteiger partial charge in [-0.1, -0.05) is 45.1 Å². The first-order valence-corrected chi connectivity index (χ1v) is 21.7. The number of nitrogens with one attached hydrogen (secondary N) is 1. The van der Waals surface area contributed by atoms with E-state index in [9.17, 15) is 35.1 Å². The van der Waals surface area contributed by atoms with E-state index in [2.05, 4.69) is 18.3 Å². The summed E-state index contributed by atoms with van der Waals surface area (Å²) < 4.78 is 11.6. The van der Waals surface area contributed by atoms with Crippen LogP contribution in [0.3, 0.4) is 0 Å². The Bertz CT molecular complexity index is 1580. The van der Waals surface area contributed by atoms with E-state index in [1.54, 1.807) is 13.2 Å². The molecule has 2 bridgehead atoms. The number of hydrogen-bond donors (Lipinski definition) is 6. The van der Waals surface area contributed by atoms with Gasteiger partial charge in [0.15, 0.2) is 5.60 Å². The molecule has 0 unspecified atom stereocenters. The van der Waals surface area contributed by atoms with Crippen molar-refractivity contribution in [1.29, 1.82) is 0 Å². The number of carbonyl (C=O) groups is 2. The molecule has 7 saturated carbocycles. The standard InChI is InChI=1S/C44H65NO9/c1-26(27-8-3-4-9-27)28-10-11-31-34(47)12-16-40(25-46)35-13-17-39-14-5-6-15-41-30(24-45-18-7-19-53-2)20-29(37(39)32(41)22-36(48)54-41)23-42(39,50)44(35,52)38(49)33(21-28)43(31,40)51/h20,22,25-29,31,33-35,37-38,45,47,49-52H,3-19,21,23-24H2,1-2H3/t26-,28+,29-,31-,33-,34-,35+,37+,38-,39+,40-,41+,42+,43+,44+/m0/s1. The number of rotatable bonds is 9. The molecule has 0 amide bonds. The fourth-order valence-corrected chi connectivity index (χ4v) is 16.0. The molecule has 8 aliphatic carbocycles. The summed E-state index contributed by atoms with van der Waals surface area (Å²) in [6.45, 7) is 4.19. The van der Waals surface area contributed by atoms with Gasteiger partial charge in [-0.3, -0.25) is 0 Å². The van der Waals surface area contributed by atoms with Crippen LogP contribution >= 0.6 is 0 Å². The summed E-state index contributed by atoms with van der Waals surface area (Å²) in [7, 11) is 1.69. The molecule has 10 heteroatoms. The van der Waals surface area contributed by atoms with Crippen molar-refractivity contribution in [2.24, 2.45) is 58.2 Å². The van der Waals surface area contributed by atoms with Gasteiger partial charge in [-0.15, -0.1) is 0 Å². The molecule has 9 rings (SSSR count). The second kappa shape index (κ2) is 13.2. The normalized spacial score (nSPS) is 51.3. The average molecular weight is 752 g/mol. The number of esters is 1. The molecule has 0 saturated heterocycles. The second-order valence-electron chi connectivity index (χ2n) is 19.8. The maximum absolute atomic E-state index is 14.0. The van der Waals surface area contributed by atoms with E-state index in [1.807, 2.05) is 0 Å². The lowest BCUT2D eigenvalue weighted by molar-refractivity contribution is -0.375. The van der Waals surface area contributed by atoms with E-state index in [0.29, 0.717) is 69.9 Å². The van der Waals surface area contributed by atoms with Crippen molar-refractivity contribution >= 4 is 12.3 Å². The van der Waals surface area contributed by atoms with E-state index in [-0.39, 0.29) is 36.6 Å². The summed E-state index contributed by atoms with van der Waals surface area (Å²) in [4.78, 5) is 27.4. The number of aldehydes is 1. The molecule has 0 aromatic rings. The molecular formula is C44H65NO9. The number of aliphatic hydroxyl groups excluding tert-OH is 2. The minimum Gasteiger partial charge on any atom is -0.447 e. The van der Waals surface area contributed by atoms with Gasteiger partial charge in [0.1, 0.15) is 17.5 Å². The molecule has 7 fully saturated rings. The lowest BCUT2D eigenvalue weighted by atomic mass is 9.35. The monoisotopic (exact) mass is 751 g/mol. The maximum atomic E-state index is 14.0. The molecular weight excluding hydrogens is 686 g/mol. The average Bonchev–Trinajstić information content (AvgIpc) is 3.83. The van der Waals surface area contributed by atoms with Gasteiger partial charge >= 0.3 is 5.97 Å². The Morgan fingerprint density at radius 3 is 2.48 bits per heavy atom. The van der Waals surface area contributed by atoms with Crippen molar-refractivity contribution in [3.05, 3.63) is 23.3 Å². The largest absolute Gasteiger partial charge is 0.447 e.